The third-order valence-electron chi connectivity index (χ3n) is 5.05. The highest BCUT2D eigenvalue weighted by Gasteiger charge is 2.32. The van der Waals surface area contributed by atoms with Gasteiger partial charge < -0.3 is 23.0 Å². The molecule has 0 fully saturated rings. The second-order valence-corrected chi connectivity index (χ2v) is 16.3. The molecular weight excluding hydrogens is 624 g/mol. The first kappa shape index (κ1) is 33.8. The Morgan fingerprint density at radius 3 is 1.77 bits per heavy atom. The van der Waals surface area contributed by atoms with Gasteiger partial charge in [0, 0.05) is 41.2 Å². The monoisotopic (exact) mass is 656 g/mol. The van der Waals surface area contributed by atoms with Gasteiger partial charge in [-0.25, -0.2) is 0 Å². The minimum atomic E-state index is -3.49. The van der Waals surface area contributed by atoms with E-state index in [-0.39, 0.29) is 12.6 Å². The van der Waals surface area contributed by atoms with Gasteiger partial charge in [-0.1, -0.05) is 4.78 Å². The van der Waals surface area contributed by atoms with Crippen LogP contribution in [0.3, 0.4) is 0 Å². The molecule has 0 spiro atoms. The van der Waals surface area contributed by atoms with Crippen LogP contribution in [0.4, 0.5) is 5.69 Å². The van der Waals surface area contributed by atoms with Crippen molar-refractivity contribution in [1.29, 1.82) is 0 Å². The van der Waals surface area contributed by atoms with Crippen LogP contribution < -0.4 is 19.0 Å². The standard InChI is InChI=1S/C21H32N4O8P4S2/c1-22-34(38)32-20-11-7-18(8-12-20)15-23-24(2)35(39)33-21-13-9-19(10-14-21)25(16-36(26,28-3)29-4)17-37(27,30-5)31-6/h7-15H,16-17H2,1-6H3,(H,22,38)/q+2/b23-15-. The Morgan fingerprint density at radius 1 is 0.846 bits per heavy atom. The van der Waals surface area contributed by atoms with Gasteiger partial charge >= 0.3 is 29.3 Å². The molecule has 0 aliphatic carbocycles. The first-order chi connectivity index (χ1) is 18.5. The van der Waals surface area contributed by atoms with E-state index in [0.29, 0.717) is 17.2 Å². The van der Waals surface area contributed by atoms with Gasteiger partial charge in [-0.15, -0.1) is 10.2 Å². The van der Waals surface area contributed by atoms with E-state index in [4.69, 9.17) is 50.8 Å². The molecule has 0 aromatic heterocycles. The minimum absolute atomic E-state index is 0.181. The smallest absolute Gasteiger partial charge is 0.348 e. The van der Waals surface area contributed by atoms with Crippen molar-refractivity contribution in [3.05, 3.63) is 54.1 Å². The first-order valence-corrected chi connectivity index (χ1v) is 19.1. The third-order valence-corrected chi connectivity index (χ3v) is 12.0. The Morgan fingerprint density at radius 2 is 1.31 bits per heavy atom. The fraction of sp³-hybridized carbons (Fsp3) is 0.381. The molecule has 0 bridgehead atoms. The molecule has 214 valence electrons. The van der Waals surface area contributed by atoms with Gasteiger partial charge in [-0.3, -0.25) is 18.2 Å². The highest BCUT2D eigenvalue weighted by atomic mass is 32.4. The van der Waals surface area contributed by atoms with Crippen molar-refractivity contribution in [3.63, 3.8) is 0 Å². The summed E-state index contributed by atoms with van der Waals surface area (Å²) >= 11 is 10.6. The topological polar surface area (TPSA) is 120 Å². The molecule has 2 aromatic carbocycles. The van der Waals surface area contributed by atoms with Crippen molar-refractivity contribution >= 4 is 64.9 Å². The van der Waals surface area contributed by atoms with Crippen LogP contribution in [0.2, 0.25) is 0 Å². The maximum Gasteiger partial charge on any atom is 0.540 e. The SMILES string of the molecule is CN[P+](=S)Oc1ccc(/C=N\N(C)[P+](=S)Oc2ccc(N(CP(=O)(OC)OC)CP(=O)(OC)OC)cc2)cc1. The predicted molar refractivity (Wildman–Crippen MR) is 163 cm³/mol. The average Bonchev–Trinajstić information content (AvgIpc) is 2.96. The first-order valence-electron chi connectivity index (χ1n) is 11.1. The quantitative estimate of drug-likeness (QED) is 0.124. The van der Waals surface area contributed by atoms with Crippen LogP contribution >= 0.6 is 29.3 Å². The van der Waals surface area contributed by atoms with E-state index in [1.807, 2.05) is 24.3 Å². The van der Waals surface area contributed by atoms with E-state index in [1.165, 1.54) is 28.4 Å². The van der Waals surface area contributed by atoms with Crippen LogP contribution in [0, 0.1) is 0 Å². The number of hydrazone groups is 1. The van der Waals surface area contributed by atoms with Gasteiger partial charge in [0.2, 0.25) is 23.6 Å². The highest BCUT2D eigenvalue weighted by molar-refractivity contribution is 8.02. The Kier molecular flexibility index (Phi) is 14.0. The maximum atomic E-state index is 12.8. The molecule has 1 N–H and O–H groups in total. The number of nitrogens with zero attached hydrogens (tertiary/aromatic N) is 3. The van der Waals surface area contributed by atoms with Crippen LogP contribution in [0.15, 0.2) is 53.6 Å². The van der Waals surface area contributed by atoms with E-state index >= 15 is 0 Å². The molecule has 0 heterocycles. The van der Waals surface area contributed by atoms with E-state index < -0.39 is 29.3 Å². The normalized spacial score (nSPS) is 12.8. The van der Waals surface area contributed by atoms with E-state index in [9.17, 15) is 9.13 Å². The molecule has 39 heavy (non-hydrogen) atoms. The molecule has 12 nitrogen and oxygen atoms in total. The zero-order valence-electron chi connectivity index (χ0n) is 22.3. The molecule has 0 aliphatic heterocycles. The number of anilines is 1. The van der Waals surface area contributed by atoms with Gasteiger partial charge in [-0.05, 0) is 54.1 Å². The number of hydrogen-bond acceptors (Lipinski definition) is 12. The summed E-state index contributed by atoms with van der Waals surface area (Å²) in [5, 5.41) is 7.27. The van der Waals surface area contributed by atoms with Crippen LogP contribution in [-0.2, 0) is 50.8 Å². The van der Waals surface area contributed by atoms with Gasteiger partial charge in [0.25, 0.3) is 0 Å². The van der Waals surface area contributed by atoms with Crippen molar-refractivity contribution in [1.82, 2.24) is 9.87 Å². The largest absolute Gasteiger partial charge is 0.540 e. The molecule has 2 atom stereocenters. The fourth-order valence-corrected chi connectivity index (χ4v) is 6.71. The molecule has 2 unspecified atom stereocenters. The molecule has 0 saturated heterocycles. The van der Waals surface area contributed by atoms with E-state index in [2.05, 4.69) is 10.2 Å². The van der Waals surface area contributed by atoms with Crippen molar-refractivity contribution in [2.45, 2.75) is 0 Å². The molecule has 2 rings (SSSR count). The molecule has 0 aliphatic rings. The van der Waals surface area contributed by atoms with E-state index in [0.717, 1.165) is 5.56 Å². The lowest BCUT2D eigenvalue weighted by molar-refractivity contribution is 0.270. The zero-order chi connectivity index (χ0) is 29.1. The average molecular weight is 657 g/mol. The van der Waals surface area contributed by atoms with Crippen LogP contribution in [0.1, 0.15) is 5.56 Å². The summed E-state index contributed by atoms with van der Waals surface area (Å²) in [7, 11) is -1.03. The summed E-state index contributed by atoms with van der Waals surface area (Å²) in [6.07, 6.45) is 1.30. The molecule has 0 saturated carbocycles. The zero-order valence-corrected chi connectivity index (χ0v) is 27.5. The Balaban J connectivity index is 2.09. The lowest BCUT2D eigenvalue weighted by atomic mass is 10.2. The number of benzene rings is 2. The summed E-state index contributed by atoms with van der Waals surface area (Å²) in [4.78, 5) is 1.54. The minimum Gasteiger partial charge on any atom is -0.348 e. The van der Waals surface area contributed by atoms with Crippen LogP contribution in [0.5, 0.6) is 11.5 Å². The summed E-state index contributed by atoms with van der Waals surface area (Å²) in [5.41, 5.74) is 1.42. The number of hydrogen-bond donors (Lipinski definition) is 1. The number of rotatable bonds is 17. The molecule has 0 amide bonds. The molecule has 18 heteroatoms. The maximum absolute atomic E-state index is 12.8. The van der Waals surface area contributed by atoms with Crippen molar-refractivity contribution in [2.24, 2.45) is 5.10 Å². The van der Waals surface area contributed by atoms with Gasteiger partial charge in [-0.2, -0.15) is 0 Å². The predicted octanol–water partition coefficient (Wildman–Crippen LogP) is 5.87. The molecule has 2 aromatic rings. The van der Waals surface area contributed by atoms with Gasteiger partial charge in [0.05, 0.1) is 13.3 Å². The van der Waals surface area contributed by atoms with E-state index in [1.54, 1.807) is 54.3 Å². The number of nitrogens with one attached hydrogen (secondary N) is 1. The molecule has 0 radical (unpaired) electrons. The van der Waals surface area contributed by atoms with Crippen molar-refractivity contribution in [3.8, 4) is 11.5 Å². The summed E-state index contributed by atoms with van der Waals surface area (Å²) in [6, 6.07) is 14.1. The van der Waals surface area contributed by atoms with Crippen LogP contribution in [0.25, 0.3) is 0 Å². The summed E-state index contributed by atoms with van der Waals surface area (Å²) in [5.74, 6) is 1.17. The van der Waals surface area contributed by atoms with Gasteiger partial charge in [0.15, 0.2) is 11.5 Å². The Labute approximate surface area is 241 Å². The van der Waals surface area contributed by atoms with Gasteiger partial charge in [0.1, 0.15) is 12.6 Å². The lowest BCUT2D eigenvalue weighted by Gasteiger charge is -2.29. The second-order valence-electron chi connectivity index (χ2n) is 7.47. The third kappa shape index (κ3) is 10.8. The van der Waals surface area contributed by atoms with Crippen molar-refractivity contribution < 1.29 is 36.3 Å². The van der Waals surface area contributed by atoms with Crippen LogP contribution in [-0.4, -0.2) is 66.1 Å². The fourth-order valence-electron chi connectivity index (χ4n) is 2.82. The Bertz CT molecular complexity index is 1190. The second kappa shape index (κ2) is 16.2. The summed E-state index contributed by atoms with van der Waals surface area (Å²) < 4.78 is 58.8. The lowest BCUT2D eigenvalue weighted by Crippen LogP contribution is -2.27. The molecular formula is C21H32N4O8P4S2+2. The highest BCUT2D eigenvalue weighted by Crippen LogP contribution is 2.52. The van der Waals surface area contributed by atoms with Crippen molar-refractivity contribution in [2.75, 3.05) is 60.0 Å². The summed E-state index contributed by atoms with van der Waals surface area (Å²) in [6.45, 7) is 0. The Hall–Kier alpha value is -1.39.